The lowest BCUT2D eigenvalue weighted by molar-refractivity contribution is -0.189. The van der Waals surface area contributed by atoms with Gasteiger partial charge >= 0.3 is 6.18 Å². The van der Waals surface area contributed by atoms with Crippen LogP contribution in [-0.2, 0) is 0 Å². The van der Waals surface area contributed by atoms with Crippen LogP contribution in [0.2, 0.25) is 0 Å². The summed E-state index contributed by atoms with van der Waals surface area (Å²) in [5.41, 5.74) is 1.54. The molecule has 21 heavy (non-hydrogen) atoms. The molecular formula is C16H21F3O2. The number of halogens is 3. The lowest BCUT2D eigenvalue weighted by atomic mass is 9.76. The zero-order valence-corrected chi connectivity index (χ0v) is 12.3. The minimum atomic E-state index is -4.17. The van der Waals surface area contributed by atoms with Gasteiger partial charge < -0.3 is 9.84 Å². The van der Waals surface area contributed by atoms with Gasteiger partial charge in [-0.2, -0.15) is 13.2 Å². The average Bonchev–Trinajstić information content (AvgIpc) is 2.45. The summed E-state index contributed by atoms with van der Waals surface area (Å²) >= 11 is 0. The van der Waals surface area contributed by atoms with Gasteiger partial charge in [-0.3, -0.25) is 0 Å². The lowest BCUT2D eigenvalue weighted by Crippen LogP contribution is -2.31. The highest BCUT2D eigenvalue weighted by molar-refractivity contribution is 5.38. The fourth-order valence-corrected chi connectivity index (χ4v) is 3.15. The van der Waals surface area contributed by atoms with E-state index in [2.05, 4.69) is 0 Å². The van der Waals surface area contributed by atoms with Crippen molar-refractivity contribution in [2.45, 2.75) is 44.9 Å². The summed E-state index contributed by atoms with van der Waals surface area (Å²) < 4.78 is 43.9. The van der Waals surface area contributed by atoms with Crippen molar-refractivity contribution in [3.63, 3.8) is 0 Å². The zero-order chi connectivity index (χ0) is 15.6. The molecular weight excluding hydrogens is 281 g/mol. The molecule has 1 N–H and O–H groups in total. The van der Waals surface area contributed by atoms with E-state index in [-0.39, 0.29) is 18.8 Å². The largest absolute Gasteiger partial charge is 0.496 e. The van der Waals surface area contributed by atoms with Crippen molar-refractivity contribution in [2.75, 3.05) is 7.11 Å². The maximum absolute atomic E-state index is 12.9. The first-order valence-electron chi connectivity index (χ1n) is 7.22. The third-order valence-corrected chi connectivity index (χ3v) is 4.33. The molecule has 0 amide bonds. The Bertz CT molecular complexity index is 485. The van der Waals surface area contributed by atoms with E-state index in [1.165, 1.54) is 7.11 Å². The third-order valence-electron chi connectivity index (χ3n) is 4.33. The molecule has 3 atom stereocenters. The van der Waals surface area contributed by atoms with Gasteiger partial charge in [-0.15, -0.1) is 0 Å². The molecule has 118 valence electrons. The van der Waals surface area contributed by atoms with Crippen LogP contribution >= 0.6 is 0 Å². The standard InChI is InChI=1S/C16H21F3O2/c1-10-6-7-14(21-2)13(8-10)15(20)11-4-3-5-12(9-11)16(17,18)19/h6-8,11-12,15,20H,3-5,9H2,1-2H3. The second kappa shape index (κ2) is 6.26. The molecule has 0 heterocycles. The van der Waals surface area contributed by atoms with E-state index in [1.54, 1.807) is 12.1 Å². The van der Waals surface area contributed by atoms with Crippen LogP contribution < -0.4 is 4.74 Å². The Hall–Kier alpha value is -1.23. The Balaban J connectivity index is 2.19. The maximum Gasteiger partial charge on any atom is 0.391 e. The fourth-order valence-electron chi connectivity index (χ4n) is 3.15. The number of rotatable bonds is 3. The molecule has 0 aromatic heterocycles. The molecule has 2 rings (SSSR count). The van der Waals surface area contributed by atoms with Crippen LogP contribution in [0.3, 0.4) is 0 Å². The summed E-state index contributed by atoms with van der Waals surface area (Å²) in [6.07, 6.45) is -3.82. The van der Waals surface area contributed by atoms with Crippen molar-refractivity contribution in [1.29, 1.82) is 0 Å². The normalized spacial score (nSPS) is 24.7. The van der Waals surface area contributed by atoms with Crippen LogP contribution in [0.1, 0.15) is 42.9 Å². The molecule has 2 nitrogen and oxygen atoms in total. The van der Waals surface area contributed by atoms with Crippen molar-refractivity contribution in [1.82, 2.24) is 0 Å². The number of alkyl halides is 3. The number of aliphatic hydroxyl groups is 1. The van der Waals surface area contributed by atoms with E-state index >= 15 is 0 Å². The quantitative estimate of drug-likeness (QED) is 0.896. The van der Waals surface area contributed by atoms with Crippen molar-refractivity contribution in [2.24, 2.45) is 11.8 Å². The van der Waals surface area contributed by atoms with Crippen molar-refractivity contribution in [3.8, 4) is 5.75 Å². The smallest absolute Gasteiger partial charge is 0.391 e. The summed E-state index contributed by atoms with van der Waals surface area (Å²) in [7, 11) is 1.50. The van der Waals surface area contributed by atoms with E-state index < -0.39 is 18.2 Å². The Morgan fingerprint density at radius 3 is 2.62 bits per heavy atom. The summed E-state index contributed by atoms with van der Waals surface area (Å²) in [5, 5.41) is 10.5. The van der Waals surface area contributed by atoms with Gasteiger partial charge in [-0.05, 0) is 44.2 Å². The van der Waals surface area contributed by atoms with Crippen LogP contribution in [0.5, 0.6) is 5.75 Å². The van der Waals surface area contributed by atoms with Crippen LogP contribution in [0.25, 0.3) is 0 Å². The van der Waals surface area contributed by atoms with E-state index in [0.29, 0.717) is 24.2 Å². The summed E-state index contributed by atoms with van der Waals surface area (Å²) in [6, 6.07) is 5.40. The number of ether oxygens (including phenoxy) is 1. The number of hydrogen-bond acceptors (Lipinski definition) is 2. The van der Waals surface area contributed by atoms with Gasteiger partial charge in [0.1, 0.15) is 5.75 Å². The predicted molar refractivity (Wildman–Crippen MR) is 74.2 cm³/mol. The van der Waals surface area contributed by atoms with Crippen LogP contribution in [0, 0.1) is 18.8 Å². The van der Waals surface area contributed by atoms with Gasteiger partial charge in [0.25, 0.3) is 0 Å². The zero-order valence-electron chi connectivity index (χ0n) is 12.3. The Kier molecular flexibility index (Phi) is 4.81. The predicted octanol–water partition coefficient (Wildman–Crippen LogP) is 4.41. The third kappa shape index (κ3) is 3.70. The molecule has 5 heteroatoms. The number of methoxy groups -OCH3 is 1. The molecule has 1 aliphatic carbocycles. The molecule has 1 aromatic carbocycles. The minimum absolute atomic E-state index is 0.0121. The molecule has 1 aromatic rings. The fraction of sp³-hybridized carbons (Fsp3) is 0.625. The van der Waals surface area contributed by atoms with Gasteiger partial charge in [-0.1, -0.05) is 18.1 Å². The number of aryl methyl sites for hydroxylation is 1. The number of aliphatic hydroxyl groups excluding tert-OH is 1. The molecule has 0 bridgehead atoms. The molecule has 0 spiro atoms. The van der Waals surface area contributed by atoms with Crippen molar-refractivity contribution in [3.05, 3.63) is 29.3 Å². The first-order chi connectivity index (χ1) is 9.82. The van der Waals surface area contributed by atoms with Crippen molar-refractivity contribution < 1.29 is 23.0 Å². The Morgan fingerprint density at radius 1 is 1.29 bits per heavy atom. The van der Waals surface area contributed by atoms with Crippen LogP contribution in [0.4, 0.5) is 13.2 Å². The van der Waals surface area contributed by atoms with Crippen molar-refractivity contribution >= 4 is 0 Å². The highest BCUT2D eigenvalue weighted by atomic mass is 19.4. The average molecular weight is 302 g/mol. The molecule has 0 aliphatic heterocycles. The first kappa shape index (κ1) is 16.1. The SMILES string of the molecule is COc1ccc(C)cc1C(O)C1CCCC(C(F)(F)F)C1. The highest BCUT2D eigenvalue weighted by Gasteiger charge is 2.43. The van der Waals surface area contributed by atoms with E-state index in [9.17, 15) is 18.3 Å². The lowest BCUT2D eigenvalue weighted by Gasteiger charge is -2.33. The highest BCUT2D eigenvalue weighted by Crippen LogP contribution is 2.45. The number of hydrogen-bond donors (Lipinski definition) is 1. The topological polar surface area (TPSA) is 29.5 Å². The maximum atomic E-state index is 12.9. The Morgan fingerprint density at radius 2 is 2.00 bits per heavy atom. The molecule has 0 saturated heterocycles. The molecule has 1 fully saturated rings. The number of benzene rings is 1. The summed E-state index contributed by atoms with van der Waals surface area (Å²) in [4.78, 5) is 0. The van der Waals surface area contributed by atoms with Crippen LogP contribution in [-0.4, -0.2) is 18.4 Å². The van der Waals surface area contributed by atoms with Gasteiger partial charge in [0.05, 0.1) is 19.1 Å². The van der Waals surface area contributed by atoms with Crippen LogP contribution in [0.15, 0.2) is 18.2 Å². The Labute approximate surface area is 122 Å². The van der Waals surface area contributed by atoms with E-state index in [4.69, 9.17) is 4.74 Å². The summed E-state index contributed by atoms with van der Waals surface area (Å²) in [5.74, 6) is -1.15. The van der Waals surface area contributed by atoms with Gasteiger partial charge in [-0.25, -0.2) is 0 Å². The van der Waals surface area contributed by atoms with Gasteiger partial charge in [0, 0.05) is 5.56 Å². The second-order valence-electron chi connectivity index (χ2n) is 5.86. The van der Waals surface area contributed by atoms with Gasteiger partial charge in [0.2, 0.25) is 0 Å². The van der Waals surface area contributed by atoms with E-state index in [0.717, 1.165) is 5.56 Å². The van der Waals surface area contributed by atoms with E-state index in [1.807, 2.05) is 13.0 Å². The molecule has 3 unspecified atom stereocenters. The minimum Gasteiger partial charge on any atom is -0.496 e. The van der Waals surface area contributed by atoms with Gasteiger partial charge in [0.15, 0.2) is 0 Å². The first-order valence-corrected chi connectivity index (χ1v) is 7.22. The molecule has 1 saturated carbocycles. The second-order valence-corrected chi connectivity index (χ2v) is 5.86. The molecule has 0 radical (unpaired) electrons. The monoisotopic (exact) mass is 302 g/mol. The summed E-state index contributed by atoms with van der Waals surface area (Å²) in [6.45, 7) is 1.88. The molecule has 1 aliphatic rings.